The molecule has 0 spiro atoms. The first-order valence-corrected chi connectivity index (χ1v) is 10.5. The van der Waals surface area contributed by atoms with E-state index in [0.717, 1.165) is 4.90 Å². The van der Waals surface area contributed by atoms with Crippen LogP contribution >= 0.6 is 0 Å². The highest BCUT2D eigenvalue weighted by molar-refractivity contribution is 7.97. The van der Waals surface area contributed by atoms with E-state index in [4.69, 9.17) is 4.74 Å². The van der Waals surface area contributed by atoms with Crippen LogP contribution in [0.2, 0.25) is 0 Å². The molecule has 0 aliphatic heterocycles. The third-order valence-electron chi connectivity index (χ3n) is 4.35. The molecule has 1 unspecified atom stereocenters. The minimum Gasteiger partial charge on any atom is -0.439 e. The van der Waals surface area contributed by atoms with Crippen LogP contribution < -0.4 is 0 Å². The smallest absolute Gasteiger partial charge is 0.339 e. The summed E-state index contributed by atoms with van der Waals surface area (Å²) in [6.45, 7) is 7.16. The van der Waals surface area contributed by atoms with Gasteiger partial charge in [0.1, 0.15) is 0 Å². The number of benzene rings is 3. The predicted molar refractivity (Wildman–Crippen MR) is 119 cm³/mol. The summed E-state index contributed by atoms with van der Waals surface area (Å²) in [5, 5.41) is 0. The molecular weight excluding hydrogens is 376 g/mol. The van der Waals surface area contributed by atoms with Crippen molar-refractivity contribution in [2.45, 2.75) is 34.1 Å². The van der Waals surface area contributed by atoms with Crippen LogP contribution in [-0.2, 0) is 15.6 Å². The number of hydrogen-bond acceptors (Lipinski definition) is 2. The molecule has 3 rings (SSSR count). The molecule has 3 aromatic rings. The SMILES string of the molecule is C=CC(C)(C#CC)OC(=O)c1ccc([S+](c2ccccc2)c2ccccc2)cc1. The summed E-state index contributed by atoms with van der Waals surface area (Å²) in [6, 6.07) is 28.4. The van der Waals surface area contributed by atoms with Gasteiger partial charge in [-0.25, -0.2) is 4.79 Å². The second-order valence-electron chi connectivity index (χ2n) is 6.53. The van der Waals surface area contributed by atoms with Gasteiger partial charge in [-0.2, -0.15) is 0 Å². The lowest BCUT2D eigenvalue weighted by Crippen LogP contribution is -2.27. The highest BCUT2D eigenvalue weighted by Crippen LogP contribution is 2.31. The van der Waals surface area contributed by atoms with Gasteiger partial charge in [0.2, 0.25) is 0 Å². The molecular formula is C26H23O2S+. The van der Waals surface area contributed by atoms with E-state index in [1.54, 1.807) is 13.8 Å². The Hall–Kier alpha value is -3.22. The molecule has 29 heavy (non-hydrogen) atoms. The zero-order chi connectivity index (χ0) is 20.7. The van der Waals surface area contributed by atoms with Crippen molar-refractivity contribution in [2.24, 2.45) is 0 Å². The first kappa shape index (κ1) is 20.5. The molecule has 0 aliphatic carbocycles. The Morgan fingerprint density at radius 2 is 1.38 bits per heavy atom. The lowest BCUT2D eigenvalue weighted by atomic mass is 10.1. The van der Waals surface area contributed by atoms with Crippen molar-refractivity contribution in [1.29, 1.82) is 0 Å². The Balaban J connectivity index is 1.91. The molecule has 0 bridgehead atoms. The fourth-order valence-electron chi connectivity index (χ4n) is 2.87. The maximum atomic E-state index is 12.6. The maximum Gasteiger partial charge on any atom is 0.339 e. The van der Waals surface area contributed by atoms with Crippen LogP contribution in [0.25, 0.3) is 0 Å². The van der Waals surface area contributed by atoms with Crippen LogP contribution in [0.3, 0.4) is 0 Å². The summed E-state index contributed by atoms with van der Waals surface area (Å²) in [7, 11) is -0.250. The molecule has 0 aromatic heterocycles. The Labute approximate surface area is 175 Å². The van der Waals surface area contributed by atoms with Gasteiger partial charge in [0.25, 0.3) is 0 Å². The lowest BCUT2D eigenvalue weighted by Gasteiger charge is -2.19. The quantitative estimate of drug-likeness (QED) is 0.223. The molecule has 0 N–H and O–H groups in total. The van der Waals surface area contributed by atoms with E-state index in [-0.39, 0.29) is 10.9 Å². The van der Waals surface area contributed by atoms with Gasteiger partial charge < -0.3 is 4.74 Å². The zero-order valence-electron chi connectivity index (χ0n) is 16.6. The Bertz CT molecular complexity index is 991. The summed E-state index contributed by atoms with van der Waals surface area (Å²) < 4.78 is 5.55. The van der Waals surface area contributed by atoms with Crippen LogP contribution in [0, 0.1) is 11.8 Å². The molecule has 1 atom stereocenters. The van der Waals surface area contributed by atoms with Gasteiger partial charge in [0.15, 0.2) is 20.3 Å². The minimum atomic E-state index is -0.997. The van der Waals surface area contributed by atoms with E-state index in [1.165, 1.54) is 15.9 Å². The van der Waals surface area contributed by atoms with E-state index in [9.17, 15) is 4.79 Å². The number of carbonyl (C=O) groups excluding carboxylic acids is 1. The second kappa shape index (κ2) is 9.32. The Morgan fingerprint density at radius 3 is 1.83 bits per heavy atom. The van der Waals surface area contributed by atoms with Crippen molar-refractivity contribution < 1.29 is 9.53 Å². The average molecular weight is 400 g/mol. The molecule has 0 saturated carbocycles. The average Bonchev–Trinajstić information content (AvgIpc) is 2.76. The van der Waals surface area contributed by atoms with Crippen molar-refractivity contribution in [1.82, 2.24) is 0 Å². The number of ether oxygens (including phenoxy) is 1. The van der Waals surface area contributed by atoms with Gasteiger partial charge in [0, 0.05) is 0 Å². The summed E-state index contributed by atoms with van der Waals surface area (Å²) in [5.74, 6) is 5.24. The van der Waals surface area contributed by atoms with E-state index in [1.807, 2.05) is 36.4 Å². The predicted octanol–water partition coefficient (Wildman–Crippen LogP) is 5.91. The van der Waals surface area contributed by atoms with Crippen molar-refractivity contribution in [3.05, 3.63) is 103 Å². The van der Waals surface area contributed by atoms with Gasteiger partial charge in [-0.05, 0) is 68.5 Å². The summed E-state index contributed by atoms with van der Waals surface area (Å²) in [6.07, 6.45) is 1.54. The highest BCUT2D eigenvalue weighted by Gasteiger charge is 2.29. The normalized spacial score (nSPS) is 12.4. The van der Waals surface area contributed by atoms with Crippen LogP contribution in [0.15, 0.2) is 112 Å². The minimum absolute atomic E-state index is 0.250. The number of esters is 1. The van der Waals surface area contributed by atoms with E-state index >= 15 is 0 Å². The Morgan fingerprint density at radius 1 is 0.897 bits per heavy atom. The van der Waals surface area contributed by atoms with Crippen molar-refractivity contribution in [3.8, 4) is 11.8 Å². The molecule has 3 aromatic carbocycles. The summed E-state index contributed by atoms with van der Waals surface area (Å²) >= 11 is 0. The van der Waals surface area contributed by atoms with Crippen molar-refractivity contribution >= 4 is 16.9 Å². The monoisotopic (exact) mass is 399 g/mol. The standard InChI is InChI=1S/C26H23O2S/c1-4-20-26(3,5-2)28-25(27)21-16-18-24(19-17-21)29(22-12-8-6-9-13-22)23-14-10-7-11-15-23/h5-19H,2H2,1,3H3/q+1. The van der Waals surface area contributed by atoms with Gasteiger partial charge in [-0.1, -0.05) is 48.9 Å². The zero-order valence-corrected chi connectivity index (χ0v) is 17.4. The number of carbonyl (C=O) groups is 1. The summed E-state index contributed by atoms with van der Waals surface area (Å²) in [5.41, 5.74) is -0.507. The van der Waals surface area contributed by atoms with E-state index < -0.39 is 11.6 Å². The third-order valence-corrected chi connectivity index (χ3v) is 6.58. The molecule has 0 saturated heterocycles. The first-order valence-electron chi connectivity index (χ1n) is 9.31. The number of rotatable bonds is 6. The number of hydrogen-bond donors (Lipinski definition) is 0. The van der Waals surface area contributed by atoms with Crippen LogP contribution in [-0.4, -0.2) is 11.6 Å². The van der Waals surface area contributed by atoms with Gasteiger partial charge in [-0.3, -0.25) is 0 Å². The van der Waals surface area contributed by atoms with Crippen LogP contribution in [0.1, 0.15) is 24.2 Å². The fourth-order valence-corrected chi connectivity index (χ4v) is 4.95. The second-order valence-corrected chi connectivity index (χ2v) is 8.56. The van der Waals surface area contributed by atoms with Crippen molar-refractivity contribution in [3.63, 3.8) is 0 Å². The highest BCUT2D eigenvalue weighted by atomic mass is 32.2. The molecule has 0 fully saturated rings. The largest absolute Gasteiger partial charge is 0.439 e. The molecule has 0 aliphatic rings. The fraction of sp³-hybridized carbons (Fsp3) is 0.115. The lowest BCUT2D eigenvalue weighted by molar-refractivity contribution is 0.0283. The molecule has 0 heterocycles. The van der Waals surface area contributed by atoms with E-state index in [2.05, 4.69) is 67.0 Å². The summed E-state index contributed by atoms with van der Waals surface area (Å²) in [4.78, 5) is 16.2. The third kappa shape index (κ3) is 4.99. The Kier molecular flexibility index (Phi) is 6.59. The molecule has 2 nitrogen and oxygen atoms in total. The van der Waals surface area contributed by atoms with E-state index in [0.29, 0.717) is 5.56 Å². The topological polar surface area (TPSA) is 26.3 Å². The van der Waals surface area contributed by atoms with Crippen LogP contribution in [0.5, 0.6) is 0 Å². The van der Waals surface area contributed by atoms with Gasteiger partial charge >= 0.3 is 5.97 Å². The van der Waals surface area contributed by atoms with Gasteiger partial charge in [0.05, 0.1) is 16.5 Å². The maximum absolute atomic E-state index is 12.6. The van der Waals surface area contributed by atoms with Crippen LogP contribution in [0.4, 0.5) is 0 Å². The molecule has 3 heteroatoms. The first-order chi connectivity index (χ1) is 14.1. The molecule has 144 valence electrons. The van der Waals surface area contributed by atoms with Gasteiger partial charge in [-0.15, -0.1) is 5.92 Å². The molecule has 0 radical (unpaired) electrons. The molecule has 0 amide bonds. The van der Waals surface area contributed by atoms with Crippen molar-refractivity contribution in [2.75, 3.05) is 0 Å².